The second-order valence-corrected chi connectivity index (χ2v) is 8.57. The molecule has 2 aromatic heterocycles. The molecule has 7 heteroatoms. The number of rotatable bonds is 2. The summed E-state index contributed by atoms with van der Waals surface area (Å²) in [5.41, 5.74) is 5.22. The summed E-state index contributed by atoms with van der Waals surface area (Å²) in [4.78, 5) is 17.5. The van der Waals surface area contributed by atoms with Crippen molar-refractivity contribution in [1.82, 2.24) is 14.5 Å². The van der Waals surface area contributed by atoms with E-state index < -0.39 is 0 Å². The van der Waals surface area contributed by atoms with Gasteiger partial charge in [0.15, 0.2) is 5.69 Å². The largest absolute Gasteiger partial charge is 0.378 e. The van der Waals surface area contributed by atoms with Crippen molar-refractivity contribution in [3.05, 3.63) is 63.9 Å². The molecular formula is C22H23BrN4O2. The number of morpholine rings is 1. The summed E-state index contributed by atoms with van der Waals surface area (Å²) in [7, 11) is 0. The van der Waals surface area contributed by atoms with E-state index in [1.165, 1.54) is 16.8 Å². The fourth-order valence-corrected chi connectivity index (χ4v) is 4.65. The summed E-state index contributed by atoms with van der Waals surface area (Å²) >= 11 is 3.45. The van der Waals surface area contributed by atoms with E-state index in [9.17, 15) is 4.79 Å². The first-order chi connectivity index (χ1) is 14.1. The normalized spacial score (nSPS) is 19.4. The Morgan fingerprint density at radius 1 is 1.14 bits per heavy atom. The Hall–Kier alpha value is -2.38. The highest BCUT2D eigenvalue weighted by Crippen LogP contribution is 2.33. The van der Waals surface area contributed by atoms with Gasteiger partial charge in [-0.1, -0.05) is 6.07 Å². The molecule has 1 amide bonds. The van der Waals surface area contributed by atoms with Gasteiger partial charge in [-0.25, -0.2) is 4.52 Å². The molecule has 2 aliphatic heterocycles. The van der Waals surface area contributed by atoms with Crippen molar-refractivity contribution < 1.29 is 9.53 Å². The van der Waals surface area contributed by atoms with E-state index in [0.29, 0.717) is 12.2 Å². The summed E-state index contributed by atoms with van der Waals surface area (Å²) in [6, 6.07) is 12.5. The van der Waals surface area contributed by atoms with Crippen molar-refractivity contribution in [1.29, 1.82) is 0 Å². The Bertz CT molecular complexity index is 1070. The first kappa shape index (κ1) is 18.6. The molecule has 5 rings (SSSR count). The van der Waals surface area contributed by atoms with Crippen LogP contribution in [0.25, 0.3) is 5.52 Å². The maximum atomic E-state index is 13.2. The molecule has 2 aliphatic rings. The van der Waals surface area contributed by atoms with Crippen LogP contribution in [0.3, 0.4) is 0 Å². The predicted octanol–water partition coefficient (Wildman–Crippen LogP) is 3.69. The number of carbonyl (C=O) groups is 1. The average molecular weight is 455 g/mol. The quantitative estimate of drug-likeness (QED) is 0.592. The van der Waals surface area contributed by atoms with E-state index in [4.69, 9.17) is 4.74 Å². The molecular weight excluding hydrogens is 432 g/mol. The van der Waals surface area contributed by atoms with Gasteiger partial charge in [-0.2, -0.15) is 5.10 Å². The van der Waals surface area contributed by atoms with E-state index in [0.717, 1.165) is 42.7 Å². The monoisotopic (exact) mass is 454 g/mol. The van der Waals surface area contributed by atoms with Crippen molar-refractivity contribution in [3.8, 4) is 0 Å². The molecule has 29 heavy (non-hydrogen) atoms. The van der Waals surface area contributed by atoms with Crippen molar-refractivity contribution in [3.63, 3.8) is 0 Å². The number of aromatic nitrogens is 2. The topological polar surface area (TPSA) is 50.1 Å². The molecule has 0 radical (unpaired) electrons. The van der Waals surface area contributed by atoms with Gasteiger partial charge in [0.05, 0.1) is 24.8 Å². The molecule has 1 aromatic carbocycles. The number of carbonyl (C=O) groups excluding carboxylic acids is 1. The van der Waals surface area contributed by atoms with Gasteiger partial charge in [0.2, 0.25) is 0 Å². The molecule has 1 atom stereocenters. The third-order valence-corrected chi connectivity index (χ3v) is 6.42. The number of halogens is 1. The number of amides is 1. The Morgan fingerprint density at radius 3 is 2.79 bits per heavy atom. The Balaban J connectivity index is 1.39. The first-order valence-corrected chi connectivity index (χ1v) is 10.8. The summed E-state index contributed by atoms with van der Waals surface area (Å²) in [5, 5.41) is 4.49. The van der Waals surface area contributed by atoms with Gasteiger partial charge in [-0.05, 0) is 70.7 Å². The maximum absolute atomic E-state index is 13.2. The summed E-state index contributed by atoms with van der Waals surface area (Å²) < 4.78 is 8.14. The number of fused-ring (bicyclic) bond motifs is 2. The van der Waals surface area contributed by atoms with Crippen LogP contribution in [-0.2, 0) is 11.2 Å². The lowest BCUT2D eigenvalue weighted by molar-refractivity contribution is 0.0671. The molecule has 0 aliphatic carbocycles. The van der Waals surface area contributed by atoms with Crippen LogP contribution in [0.1, 0.15) is 34.6 Å². The molecule has 0 bridgehead atoms. The van der Waals surface area contributed by atoms with Crippen LogP contribution in [0.2, 0.25) is 0 Å². The van der Waals surface area contributed by atoms with Crippen LogP contribution < -0.4 is 4.90 Å². The van der Waals surface area contributed by atoms with E-state index in [2.05, 4.69) is 51.1 Å². The third kappa shape index (κ3) is 3.42. The molecule has 0 N–H and O–H groups in total. The van der Waals surface area contributed by atoms with Gasteiger partial charge in [0.1, 0.15) is 0 Å². The molecule has 1 saturated heterocycles. The van der Waals surface area contributed by atoms with Gasteiger partial charge >= 0.3 is 0 Å². The van der Waals surface area contributed by atoms with Crippen LogP contribution in [0.15, 0.2) is 47.1 Å². The number of ether oxygens (including phenoxy) is 1. The van der Waals surface area contributed by atoms with E-state index >= 15 is 0 Å². The lowest BCUT2D eigenvalue weighted by Crippen LogP contribution is -2.39. The van der Waals surface area contributed by atoms with Crippen molar-refractivity contribution in [2.24, 2.45) is 0 Å². The molecule has 1 unspecified atom stereocenters. The highest BCUT2D eigenvalue weighted by molar-refractivity contribution is 9.10. The summed E-state index contributed by atoms with van der Waals surface area (Å²) in [6.07, 6.45) is 2.73. The van der Waals surface area contributed by atoms with Gasteiger partial charge < -0.3 is 14.5 Å². The van der Waals surface area contributed by atoms with E-state index in [1.54, 1.807) is 4.52 Å². The molecule has 0 spiro atoms. The minimum absolute atomic E-state index is 0.0137. The smallest absolute Gasteiger partial charge is 0.274 e. The Kier molecular flexibility index (Phi) is 4.80. The van der Waals surface area contributed by atoms with Crippen molar-refractivity contribution >= 4 is 33.0 Å². The van der Waals surface area contributed by atoms with Crippen LogP contribution in [0.4, 0.5) is 5.69 Å². The highest BCUT2D eigenvalue weighted by atomic mass is 79.9. The second kappa shape index (κ2) is 7.46. The minimum atomic E-state index is -0.0137. The molecule has 0 saturated carbocycles. The average Bonchev–Trinajstić information content (AvgIpc) is 3.17. The third-order valence-electron chi connectivity index (χ3n) is 5.95. The molecule has 4 heterocycles. The van der Waals surface area contributed by atoms with Crippen molar-refractivity contribution in [2.75, 3.05) is 37.7 Å². The minimum Gasteiger partial charge on any atom is -0.378 e. The second-order valence-electron chi connectivity index (χ2n) is 7.65. The Labute approximate surface area is 178 Å². The fourth-order valence-electron chi connectivity index (χ4n) is 4.33. The Morgan fingerprint density at radius 2 is 1.97 bits per heavy atom. The van der Waals surface area contributed by atoms with E-state index in [-0.39, 0.29) is 11.9 Å². The van der Waals surface area contributed by atoms with Crippen LogP contribution in [-0.4, -0.2) is 53.3 Å². The number of nitrogens with zero attached hydrogens (tertiary/aromatic N) is 4. The zero-order chi connectivity index (χ0) is 20.0. The van der Waals surface area contributed by atoms with Crippen LogP contribution >= 0.6 is 15.9 Å². The summed E-state index contributed by atoms with van der Waals surface area (Å²) in [6.45, 7) is 6.25. The molecule has 150 valence electrons. The van der Waals surface area contributed by atoms with Crippen LogP contribution in [0.5, 0.6) is 0 Å². The maximum Gasteiger partial charge on any atom is 0.274 e. The standard InChI is InChI=1S/C22H23BrN4O2/c1-15-20-5-4-18(25-8-10-29-11-9-25)12-16(20)6-7-26(15)22(28)21-13-19-3-2-17(23)14-27(19)24-21/h2-5,12-15H,6-11H2,1H3. The first-order valence-electron chi connectivity index (χ1n) is 10.0. The molecule has 3 aromatic rings. The lowest BCUT2D eigenvalue weighted by Gasteiger charge is -2.36. The summed E-state index contributed by atoms with van der Waals surface area (Å²) in [5.74, 6) is -0.0137. The van der Waals surface area contributed by atoms with Crippen molar-refractivity contribution in [2.45, 2.75) is 19.4 Å². The number of hydrogen-bond donors (Lipinski definition) is 0. The number of hydrogen-bond acceptors (Lipinski definition) is 4. The fraction of sp³-hybridized carbons (Fsp3) is 0.364. The number of anilines is 1. The van der Waals surface area contributed by atoms with Gasteiger partial charge in [0, 0.05) is 36.0 Å². The molecule has 6 nitrogen and oxygen atoms in total. The van der Waals surface area contributed by atoms with E-state index in [1.807, 2.05) is 29.3 Å². The van der Waals surface area contributed by atoms with Gasteiger partial charge in [0.25, 0.3) is 5.91 Å². The zero-order valence-corrected chi connectivity index (χ0v) is 17.9. The number of benzene rings is 1. The predicted molar refractivity (Wildman–Crippen MR) is 116 cm³/mol. The number of pyridine rings is 1. The van der Waals surface area contributed by atoms with Crippen LogP contribution in [0, 0.1) is 0 Å². The van der Waals surface area contributed by atoms with Gasteiger partial charge in [-0.3, -0.25) is 4.79 Å². The highest BCUT2D eigenvalue weighted by Gasteiger charge is 2.30. The van der Waals surface area contributed by atoms with Gasteiger partial charge in [-0.15, -0.1) is 0 Å². The SMILES string of the molecule is CC1c2ccc(N3CCOCC3)cc2CCN1C(=O)c1cc2ccc(Br)cn2n1. The molecule has 1 fully saturated rings. The zero-order valence-electron chi connectivity index (χ0n) is 16.3. The lowest BCUT2D eigenvalue weighted by atomic mass is 9.92.